The average molecular weight is 354 g/mol. The van der Waals surface area contributed by atoms with Crippen LogP contribution < -0.4 is 0 Å². The second-order valence-electron chi connectivity index (χ2n) is 6.76. The van der Waals surface area contributed by atoms with Gasteiger partial charge in [0.1, 0.15) is 11.5 Å². The third-order valence-electron chi connectivity index (χ3n) is 5.19. The Morgan fingerprint density at radius 2 is 1.19 bits per heavy atom. The lowest BCUT2D eigenvalue weighted by molar-refractivity contribution is 0.453. The van der Waals surface area contributed by atoms with E-state index in [4.69, 9.17) is 0 Å². The Kier molecular flexibility index (Phi) is 3.44. The summed E-state index contributed by atoms with van der Waals surface area (Å²) in [4.78, 5) is 6.66. The third-order valence-corrected chi connectivity index (χ3v) is 5.19. The fourth-order valence-corrected chi connectivity index (χ4v) is 3.94. The van der Waals surface area contributed by atoms with E-state index in [9.17, 15) is 10.2 Å². The second-order valence-corrected chi connectivity index (χ2v) is 6.76. The fourth-order valence-electron chi connectivity index (χ4n) is 3.94. The quantitative estimate of drug-likeness (QED) is 0.335. The van der Waals surface area contributed by atoms with Gasteiger partial charge in [-0.15, -0.1) is 0 Å². The smallest absolute Gasteiger partial charge is 0.120 e. The predicted octanol–water partition coefficient (Wildman–Crippen LogP) is 5.24. The summed E-state index contributed by atoms with van der Waals surface area (Å²) in [6.07, 6.45) is 3.97. The Labute approximate surface area is 155 Å². The number of phenols is 2. The number of para-hydroxylation sites is 2. The Bertz CT molecular complexity index is 1190. The molecule has 4 nitrogen and oxygen atoms in total. The number of aromatic hydroxyl groups is 2. The number of hydrogen-bond donors (Lipinski definition) is 4. The lowest BCUT2D eigenvalue weighted by atomic mass is 9.84. The summed E-state index contributed by atoms with van der Waals surface area (Å²) in [6.45, 7) is 0. The Hall–Kier alpha value is -3.66. The molecule has 0 aliphatic rings. The van der Waals surface area contributed by atoms with Crippen molar-refractivity contribution in [3.05, 3.63) is 95.8 Å². The van der Waals surface area contributed by atoms with E-state index in [0.29, 0.717) is 5.56 Å². The van der Waals surface area contributed by atoms with Gasteiger partial charge in [-0.25, -0.2) is 0 Å². The largest absolute Gasteiger partial charge is 0.508 e. The number of H-pyrrole nitrogens is 2. The van der Waals surface area contributed by atoms with Crippen molar-refractivity contribution >= 4 is 21.8 Å². The summed E-state index contributed by atoms with van der Waals surface area (Å²) in [5, 5.41) is 22.9. The average Bonchev–Trinajstić information content (AvgIpc) is 3.30. The maximum atomic E-state index is 10.6. The number of nitrogens with one attached hydrogen (secondary N) is 2. The van der Waals surface area contributed by atoms with E-state index >= 15 is 0 Å². The molecule has 132 valence electrons. The molecule has 0 aliphatic heterocycles. The van der Waals surface area contributed by atoms with Crippen LogP contribution in [-0.2, 0) is 0 Å². The summed E-state index contributed by atoms with van der Waals surface area (Å²) in [7, 11) is 0. The summed E-state index contributed by atoms with van der Waals surface area (Å²) in [5.41, 5.74) is 4.85. The van der Waals surface area contributed by atoms with Crippen LogP contribution in [0.15, 0.2) is 79.1 Å². The first kappa shape index (κ1) is 15.6. The minimum absolute atomic E-state index is 0.132. The molecule has 4 heteroatoms. The van der Waals surface area contributed by atoms with Gasteiger partial charge in [0.05, 0.1) is 0 Å². The molecule has 0 unspecified atom stereocenters. The molecule has 3 aromatic carbocycles. The predicted molar refractivity (Wildman–Crippen MR) is 107 cm³/mol. The molecule has 0 saturated carbocycles. The van der Waals surface area contributed by atoms with Gasteiger partial charge in [0.15, 0.2) is 0 Å². The minimum atomic E-state index is -0.232. The number of aromatic amines is 2. The van der Waals surface area contributed by atoms with E-state index in [1.54, 1.807) is 12.1 Å². The number of aromatic nitrogens is 2. The normalized spacial score (nSPS) is 11.6. The molecular weight excluding hydrogens is 336 g/mol. The zero-order valence-corrected chi connectivity index (χ0v) is 14.5. The van der Waals surface area contributed by atoms with Crippen molar-refractivity contribution in [3.8, 4) is 11.5 Å². The van der Waals surface area contributed by atoms with Gasteiger partial charge < -0.3 is 20.2 Å². The van der Waals surface area contributed by atoms with Crippen molar-refractivity contribution in [1.29, 1.82) is 0 Å². The lowest BCUT2D eigenvalue weighted by Gasteiger charge is -2.19. The van der Waals surface area contributed by atoms with E-state index < -0.39 is 0 Å². The van der Waals surface area contributed by atoms with Gasteiger partial charge >= 0.3 is 0 Å². The zero-order chi connectivity index (χ0) is 18.4. The minimum Gasteiger partial charge on any atom is -0.508 e. The van der Waals surface area contributed by atoms with Crippen LogP contribution in [0.1, 0.15) is 22.6 Å². The Morgan fingerprint density at radius 1 is 0.630 bits per heavy atom. The van der Waals surface area contributed by atoms with Gasteiger partial charge in [0.2, 0.25) is 0 Å². The Morgan fingerprint density at radius 3 is 1.78 bits per heavy atom. The zero-order valence-electron chi connectivity index (χ0n) is 14.5. The first-order valence-electron chi connectivity index (χ1n) is 8.86. The standard InChI is InChI=1S/C23H18N2O2/c26-14-9-10-22(27)17(11-14)23(18-12-24-20-7-3-1-5-15(18)20)19-13-25-21-8-4-2-6-16(19)21/h1-13,23-27H. The lowest BCUT2D eigenvalue weighted by Crippen LogP contribution is -2.03. The molecule has 0 amide bonds. The van der Waals surface area contributed by atoms with Crippen LogP contribution in [0.4, 0.5) is 0 Å². The molecule has 0 bridgehead atoms. The summed E-state index contributed by atoms with van der Waals surface area (Å²) in [5.74, 6) is 0.0604. The highest BCUT2D eigenvalue weighted by Gasteiger charge is 2.25. The molecule has 4 N–H and O–H groups in total. The van der Waals surface area contributed by atoms with E-state index in [2.05, 4.69) is 22.1 Å². The van der Waals surface area contributed by atoms with Crippen LogP contribution in [-0.4, -0.2) is 20.2 Å². The third kappa shape index (κ3) is 2.46. The van der Waals surface area contributed by atoms with Crippen molar-refractivity contribution in [2.75, 3.05) is 0 Å². The highest BCUT2D eigenvalue weighted by Crippen LogP contribution is 2.43. The maximum absolute atomic E-state index is 10.6. The highest BCUT2D eigenvalue weighted by molar-refractivity contribution is 5.89. The van der Waals surface area contributed by atoms with Gasteiger partial charge in [0, 0.05) is 45.7 Å². The van der Waals surface area contributed by atoms with Gasteiger partial charge in [-0.1, -0.05) is 36.4 Å². The molecule has 0 saturated heterocycles. The maximum Gasteiger partial charge on any atom is 0.120 e. The van der Waals surface area contributed by atoms with Crippen molar-refractivity contribution in [2.45, 2.75) is 5.92 Å². The first-order valence-corrected chi connectivity index (χ1v) is 8.86. The van der Waals surface area contributed by atoms with Crippen LogP contribution in [0.3, 0.4) is 0 Å². The number of rotatable bonds is 3. The Balaban J connectivity index is 1.84. The summed E-state index contributed by atoms with van der Waals surface area (Å²) in [6, 6.07) is 20.9. The SMILES string of the molecule is Oc1ccc(O)c(C(c2c[nH]c3ccccc23)c2c[nH]c3ccccc23)c1. The van der Waals surface area contributed by atoms with Crippen LogP contribution in [0, 0.1) is 0 Å². The summed E-state index contributed by atoms with van der Waals surface area (Å²) >= 11 is 0. The number of hydrogen-bond acceptors (Lipinski definition) is 2. The molecule has 27 heavy (non-hydrogen) atoms. The van der Waals surface area contributed by atoms with Crippen molar-refractivity contribution in [3.63, 3.8) is 0 Å². The van der Waals surface area contributed by atoms with E-state index in [1.165, 1.54) is 6.07 Å². The van der Waals surface area contributed by atoms with Crippen molar-refractivity contribution < 1.29 is 10.2 Å². The molecule has 5 rings (SSSR count). The fraction of sp³-hybridized carbons (Fsp3) is 0.0435. The molecule has 0 spiro atoms. The number of benzene rings is 3. The van der Waals surface area contributed by atoms with Gasteiger partial charge in [-0.05, 0) is 41.5 Å². The van der Waals surface area contributed by atoms with E-state index in [0.717, 1.165) is 32.9 Å². The second kappa shape index (κ2) is 5.95. The van der Waals surface area contributed by atoms with Gasteiger partial charge in [-0.3, -0.25) is 0 Å². The van der Waals surface area contributed by atoms with Crippen molar-refractivity contribution in [1.82, 2.24) is 9.97 Å². The first-order chi connectivity index (χ1) is 13.2. The van der Waals surface area contributed by atoms with Gasteiger partial charge in [-0.2, -0.15) is 0 Å². The molecule has 0 atom stereocenters. The van der Waals surface area contributed by atoms with E-state index in [-0.39, 0.29) is 17.4 Å². The molecule has 2 aromatic heterocycles. The van der Waals surface area contributed by atoms with Crippen LogP contribution in [0.2, 0.25) is 0 Å². The molecule has 0 fully saturated rings. The summed E-state index contributed by atoms with van der Waals surface area (Å²) < 4.78 is 0. The highest BCUT2D eigenvalue weighted by atomic mass is 16.3. The number of phenolic OH excluding ortho intramolecular Hbond substituents is 2. The molecule has 2 heterocycles. The van der Waals surface area contributed by atoms with E-state index in [1.807, 2.05) is 48.8 Å². The number of fused-ring (bicyclic) bond motifs is 2. The molecule has 5 aromatic rings. The van der Waals surface area contributed by atoms with Gasteiger partial charge in [0.25, 0.3) is 0 Å². The van der Waals surface area contributed by atoms with Crippen LogP contribution in [0.25, 0.3) is 21.8 Å². The molecular formula is C23H18N2O2. The van der Waals surface area contributed by atoms with Crippen LogP contribution >= 0.6 is 0 Å². The monoisotopic (exact) mass is 354 g/mol. The van der Waals surface area contributed by atoms with Crippen molar-refractivity contribution in [2.24, 2.45) is 0 Å². The topological polar surface area (TPSA) is 72.0 Å². The molecule has 0 aliphatic carbocycles. The van der Waals surface area contributed by atoms with Crippen LogP contribution in [0.5, 0.6) is 11.5 Å². The molecule has 0 radical (unpaired) electrons.